The molecule has 0 aromatic carbocycles. The Morgan fingerprint density at radius 1 is 1.59 bits per heavy atom. The monoisotopic (exact) mass is 332 g/mol. The van der Waals surface area contributed by atoms with E-state index in [2.05, 4.69) is 11.9 Å². The first-order valence-corrected chi connectivity index (χ1v) is 7.85. The molecule has 2 aliphatic rings. The molecule has 1 amide bonds. The Bertz CT molecular complexity index is 511. The van der Waals surface area contributed by atoms with Gasteiger partial charge in [-0.15, -0.1) is 0 Å². The molecule has 22 heavy (non-hydrogen) atoms. The Morgan fingerprint density at radius 2 is 2.27 bits per heavy atom. The summed E-state index contributed by atoms with van der Waals surface area (Å²) in [6, 6.07) is 0. The predicted octanol–water partition coefficient (Wildman–Crippen LogP) is -0.976. The van der Waals surface area contributed by atoms with E-state index in [4.69, 9.17) is 14.2 Å². The van der Waals surface area contributed by atoms with Gasteiger partial charge in [0, 0.05) is 7.11 Å². The van der Waals surface area contributed by atoms with E-state index < -0.39 is 52.1 Å². The number of esters is 1. The van der Waals surface area contributed by atoms with E-state index in [0.717, 1.165) is 6.08 Å². The van der Waals surface area contributed by atoms with Crippen LogP contribution in [-0.4, -0.2) is 63.5 Å². The van der Waals surface area contributed by atoms with Crippen molar-refractivity contribution in [3.8, 4) is 0 Å². The fourth-order valence-corrected chi connectivity index (χ4v) is 3.82. The summed E-state index contributed by atoms with van der Waals surface area (Å²) in [4.78, 5) is 22.8. The largest absolute Gasteiger partial charge is 0.772 e. The van der Waals surface area contributed by atoms with Crippen molar-refractivity contribution in [3.05, 3.63) is 12.7 Å². The zero-order valence-electron chi connectivity index (χ0n) is 12.3. The van der Waals surface area contributed by atoms with Crippen LogP contribution in [0.3, 0.4) is 0 Å². The van der Waals surface area contributed by atoms with Gasteiger partial charge in [-0.25, -0.2) is 0 Å². The lowest BCUT2D eigenvalue weighted by molar-refractivity contribution is -0.167. The summed E-state index contributed by atoms with van der Waals surface area (Å²) in [6.07, 6.45) is -0.674. The van der Waals surface area contributed by atoms with E-state index in [1.54, 1.807) is 6.92 Å². The van der Waals surface area contributed by atoms with Crippen LogP contribution in [0.5, 0.6) is 0 Å². The van der Waals surface area contributed by atoms with Crippen LogP contribution in [0.15, 0.2) is 12.7 Å². The molecule has 0 aliphatic carbocycles. The third-order valence-electron chi connectivity index (χ3n) is 4.13. The molecular formula is C13H18NO7S-. The van der Waals surface area contributed by atoms with Crippen LogP contribution in [-0.2, 0) is 34.9 Å². The molecule has 2 heterocycles. The summed E-state index contributed by atoms with van der Waals surface area (Å²) in [5.41, 5.74) is -1.05. The van der Waals surface area contributed by atoms with Crippen LogP contribution in [0, 0.1) is 0 Å². The van der Waals surface area contributed by atoms with E-state index in [1.165, 1.54) is 7.11 Å². The number of ether oxygens (including phenoxy) is 3. The molecule has 124 valence electrons. The first kappa shape index (κ1) is 17.1. The molecule has 0 saturated carbocycles. The van der Waals surface area contributed by atoms with Gasteiger partial charge in [-0.2, -0.15) is 0 Å². The van der Waals surface area contributed by atoms with Gasteiger partial charge in [0.1, 0.15) is 18.2 Å². The fraction of sp³-hybridized carbons (Fsp3) is 0.692. The number of carbonyl (C=O) groups is 2. The van der Waals surface area contributed by atoms with E-state index in [-0.39, 0.29) is 13.0 Å². The highest BCUT2D eigenvalue weighted by Gasteiger charge is 2.64. The minimum absolute atomic E-state index is 0.247. The minimum atomic E-state index is -2.29. The van der Waals surface area contributed by atoms with Gasteiger partial charge in [-0.3, -0.25) is 13.8 Å². The number of carbonyl (C=O) groups excluding carboxylic acids is 2. The molecule has 0 spiro atoms. The summed E-state index contributed by atoms with van der Waals surface area (Å²) in [5, 5.41) is 1.62. The summed E-state index contributed by atoms with van der Waals surface area (Å²) in [5.74, 6) is -1.14. The third-order valence-corrected chi connectivity index (χ3v) is 5.06. The van der Waals surface area contributed by atoms with E-state index in [1.807, 2.05) is 0 Å². The van der Waals surface area contributed by atoms with Crippen molar-refractivity contribution in [1.29, 1.82) is 0 Å². The van der Waals surface area contributed by atoms with Gasteiger partial charge >= 0.3 is 5.97 Å². The molecule has 6 atom stereocenters. The van der Waals surface area contributed by atoms with Gasteiger partial charge in [0.2, 0.25) is 5.91 Å². The van der Waals surface area contributed by atoms with Gasteiger partial charge in [-0.05, 0) is 30.5 Å². The highest BCUT2D eigenvalue weighted by atomic mass is 32.2. The molecule has 9 heteroatoms. The van der Waals surface area contributed by atoms with Crippen LogP contribution < -0.4 is 5.32 Å². The van der Waals surface area contributed by atoms with Crippen LogP contribution >= 0.6 is 0 Å². The van der Waals surface area contributed by atoms with Gasteiger partial charge in [0.05, 0.1) is 11.4 Å². The summed E-state index contributed by atoms with van der Waals surface area (Å²) >= 11 is -2.29. The Kier molecular flexibility index (Phi) is 5.00. The smallest absolute Gasteiger partial charge is 0.325 e. The molecular weight excluding hydrogens is 314 g/mol. The van der Waals surface area contributed by atoms with Gasteiger partial charge in [0.15, 0.2) is 6.10 Å². The predicted molar refractivity (Wildman–Crippen MR) is 74.5 cm³/mol. The normalized spacial score (nSPS) is 37.6. The Morgan fingerprint density at radius 3 is 2.82 bits per heavy atom. The lowest BCUT2D eigenvalue weighted by Gasteiger charge is -2.40. The average Bonchev–Trinajstić information content (AvgIpc) is 3.04. The van der Waals surface area contributed by atoms with Crippen molar-refractivity contribution in [3.63, 3.8) is 0 Å². The summed E-state index contributed by atoms with van der Waals surface area (Å²) in [6.45, 7) is 4.61. The molecule has 0 aromatic heterocycles. The molecule has 2 aliphatic heterocycles. The number of rotatable bonds is 6. The van der Waals surface area contributed by atoms with Crippen molar-refractivity contribution in [1.82, 2.24) is 5.32 Å². The summed E-state index contributed by atoms with van der Waals surface area (Å²) < 4.78 is 38.8. The molecule has 2 saturated heterocycles. The third kappa shape index (κ3) is 2.94. The van der Waals surface area contributed by atoms with Crippen molar-refractivity contribution < 1.29 is 32.6 Å². The highest BCUT2D eigenvalue weighted by Crippen LogP contribution is 2.46. The number of fused-ring (bicyclic) bond motifs is 2. The number of amides is 1. The molecule has 2 bridgehead atoms. The topological polar surface area (TPSA) is 114 Å². The summed E-state index contributed by atoms with van der Waals surface area (Å²) in [7, 11) is 1.41. The molecule has 0 radical (unpaired) electrons. The first-order valence-electron chi connectivity index (χ1n) is 6.72. The lowest BCUT2D eigenvalue weighted by atomic mass is 9.83. The zero-order chi connectivity index (χ0) is 16.5. The van der Waals surface area contributed by atoms with Gasteiger partial charge in [-0.1, -0.05) is 6.58 Å². The molecule has 8 nitrogen and oxygen atoms in total. The maximum Gasteiger partial charge on any atom is 0.325 e. The maximum atomic E-state index is 11.8. The molecule has 1 N–H and O–H groups in total. The van der Waals surface area contributed by atoms with Crippen LogP contribution in [0.2, 0.25) is 0 Å². The molecule has 2 fully saturated rings. The fourth-order valence-electron chi connectivity index (χ4n) is 2.93. The number of methoxy groups -OCH3 is 1. The second kappa shape index (κ2) is 6.45. The van der Waals surface area contributed by atoms with Crippen LogP contribution in [0.25, 0.3) is 0 Å². The Hall–Kier alpha value is -1.29. The number of hydrogen-bond acceptors (Lipinski definition) is 7. The Balaban J connectivity index is 2.03. The van der Waals surface area contributed by atoms with Crippen LogP contribution in [0.4, 0.5) is 0 Å². The lowest BCUT2D eigenvalue weighted by Crippen LogP contribution is -2.57. The highest BCUT2D eigenvalue weighted by molar-refractivity contribution is 7.79. The zero-order valence-corrected chi connectivity index (χ0v) is 13.1. The van der Waals surface area contributed by atoms with E-state index in [9.17, 15) is 18.4 Å². The Labute approximate surface area is 130 Å². The van der Waals surface area contributed by atoms with Crippen molar-refractivity contribution >= 4 is 23.0 Å². The van der Waals surface area contributed by atoms with Crippen molar-refractivity contribution in [2.75, 3.05) is 13.7 Å². The number of nitrogens with one attached hydrogen (secondary N) is 1. The van der Waals surface area contributed by atoms with E-state index >= 15 is 0 Å². The quantitative estimate of drug-likeness (QED) is 0.378. The van der Waals surface area contributed by atoms with Crippen molar-refractivity contribution in [2.45, 2.75) is 42.5 Å². The van der Waals surface area contributed by atoms with Crippen molar-refractivity contribution in [2.24, 2.45) is 0 Å². The van der Waals surface area contributed by atoms with Gasteiger partial charge < -0.3 is 24.1 Å². The molecule has 0 aromatic rings. The standard InChI is InChI=1S/C13H19NO7S/c1-4-9(15)14-6-10(16)21-11-7-5-8(22(17)18)12(20-7)13(11,2)19-3/h4,7-8,11-12H,1,5-6H2,2-3H3,(H,14,15)(H,17,18)/p-1. The molecule has 2 rings (SSSR count). The van der Waals surface area contributed by atoms with Gasteiger partial charge in [0.25, 0.3) is 0 Å². The second-order valence-electron chi connectivity index (χ2n) is 5.35. The average molecular weight is 332 g/mol. The SMILES string of the molecule is C=CC(=O)NCC(=O)OC1C2CC(S(=O)[O-])C(O2)C1(C)OC. The first-order chi connectivity index (χ1) is 10.3. The second-order valence-corrected chi connectivity index (χ2v) is 6.48. The van der Waals surface area contributed by atoms with E-state index in [0.29, 0.717) is 0 Å². The molecule has 6 unspecified atom stereocenters. The van der Waals surface area contributed by atoms with Crippen LogP contribution in [0.1, 0.15) is 13.3 Å². The minimum Gasteiger partial charge on any atom is -0.772 e. The number of hydrogen-bond donors (Lipinski definition) is 1. The maximum absolute atomic E-state index is 11.8.